The molecule has 0 amide bonds. The van der Waals surface area contributed by atoms with Crippen molar-refractivity contribution in [3.8, 4) is 0 Å². The number of hydrogen-bond acceptors (Lipinski definition) is 2. The summed E-state index contributed by atoms with van der Waals surface area (Å²) in [5, 5.41) is 0. The Morgan fingerprint density at radius 3 is 2.29 bits per heavy atom. The molecule has 92 valence electrons. The highest BCUT2D eigenvalue weighted by Crippen LogP contribution is 2.21. The molecular weight excluding hydrogens is 226 g/mol. The highest BCUT2D eigenvalue weighted by atomic mass is 19.1. The Bertz CT molecular complexity index is 447. The second-order valence-corrected chi connectivity index (χ2v) is 4.85. The first-order chi connectivity index (χ1) is 7.73. The summed E-state index contributed by atoms with van der Waals surface area (Å²) in [6, 6.07) is 4.66. The first-order valence-corrected chi connectivity index (χ1v) is 5.21. The van der Waals surface area contributed by atoms with Crippen LogP contribution in [-0.4, -0.2) is 17.7 Å². The van der Waals surface area contributed by atoms with Crippen LogP contribution >= 0.6 is 0 Å². The van der Waals surface area contributed by atoms with Crippen molar-refractivity contribution in [1.29, 1.82) is 0 Å². The Balaban J connectivity index is 2.95. The van der Waals surface area contributed by atoms with Gasteiger partial charge in [0.2, 0.25) is 12.0 Å². The number of benzene rings is 1. The fourth-order valence-corrected chi connectivity index (χ4v) is 1.29. The van der Waals surface area contributed by atoms with Gasteiger partial charge in [0.05, 0.1) is 0 Å². The third kappa shape index (κ3) is 3.19. The molecular formula is C13H14F2O2. The molecule has 0 saturated carbocycles. The molecule has 1 aromatic carbocycles. The smallest absolute Gasteiger partial charge is 0.221 e. The first kappa shape index (κ1) is 13.5. The van der Waals surface area contributed by atoms with Gasteiger partial charge in [-0.05, 0) is 12.1 Å². The largest absolute Gasteiger partial charge is 0.295 e. The Labute approximate surface area is 98.6 Å². The van der Waals surface area contributed by atoms with Crippen LogP contribution in [0.3, 0.4) is 0 Å². The summed E-state index contributed by atoms with van der Waals surface area (Å²) in [5.41, 5.74) is -1.07. The topological polar surface area (TPSA) is 34.1 Å². The number of hydrogen-bond donors (Lipinski definition) is 0. The Hall–Kier alpha value is -1.58. The fraction of sp³-hybridized carbons (Fsp3) is 0.385. The molecule has 1 aromatic rings. The molecule has 0 radical (unpaired) electrons. The highest BCUT2D eigenvalue weighted by molar-refractivity contribution is 6.14. The van der Waals surface area contributed by atoms with Gasteiger partial charge in [0, 0.05) is 11.0 Å². The lowest BCUT2D eigenvalue weighted by atomic mass is 9.86. The minimum absolute atomic E-state index is 0.130. The zero-order valence-electron chi connectivity index (χ0n) is 9.96. The van der Waals surface area contributed by atoms with Gasteiger partial charge in [-0.25, -0.2) is 8.78 Å². The van der Waals surface area contributed by atoms with Gasteiger partial charge in [0.1, 0.15) is 5.82 Å². The van der Waals surface area contributed by atoms with Gasteiger partial charge >= 0.3 is 0 Å². The lowest BCUT2D eigenvalue weighted by Gasteiger charge is -2.18. The molecule has 0 fully saturated rings. The van der Waals surface area contributed by atoms with Crippen LogP contribution in [0.5, 0.6) is 0 Å². The van der Waals surface area contributed by atoms with Gasteiger partial charge in [0.25, 0.3) is 0 Å². The van der Waals surface area contributed by atoms with Crippen LogP contribution < -0.4 is 0 Å². The molecule has 0 aliphatic rings. The van der Waals surface area contributed by atoms with E-state index in [1.807, 2.05) is 0 Å². The van der Waals surface area contributed by atoms with E-state index in [0.29, 0.717) is 0 Å². The summed E-state index contributed by atoms with van der Waals surface area (Å²) in [4.78, 5) is 23.2. The monoisotopic (exact) mass is 240 g/mol. The molecule has 0 saturated heterocycles. The van der Waals surface area contributed by atoms with Crippen LogP contribution in [0.4, 0.5) is 8.78 Å². The predicted octanol–water partition coefficient (Wildman–Crippen LogP) is 2.96. The van der Waals surface area contributed by atoms with Crippen LogP contribution in [0, 0.1) is 11.2 Å². The van der Waals surface area contributed by atoms with Crippen molar-refractivity contribution >= 4 is 11.6 Å². The van der Waals surface area contributed by atoms with Crippen LogP contribution in [-0.2, 0) is 4.79 Å². The number of Topliss-reactive ketones (excluding diaryl/α,β-unsaturated/α-hetero) is 2. The normalized spacial score (nSPS) is 13.2. The Morgan fingerprint density at radius 2 is 1.82 bits per heavy atom. The van der Waals surface area contributed by atoms with Crippen LogP contribution in [0.2, 0.25) is 0 Å². The molecule has 0 aromatic heterocycles. The summed E-state index contributed by atoms with van der Waals surface area (Å²) in [6.07, 6.45) is -2.24. The van der Waals surface area contributed by atoms with Crippen molar-refractivity contribution in [2.24, 2.45) is 5.41 Å². The molecule has 0 aliphatic heterocycles. The van der Waals surface area contributed by atoms with Crippen LogP contribution in [0.15, 0.2) is 24.3 Å². The van der Waals surface area contributed by atoms with E-state index in [2.05, 4.69) is 0 Å². The van der Waals surface area contributed by atoms with E-state index in [-0.39, 0.29) is 5.56 Å². The lowest BCUT2D eigenvalue weighted by Crippen LogP contribution is -2.35. The van der Waals surface area contributed by atoms with Gasteiger partial charge in [0.15, 0.2) is 5.78 Å². The minimum atomic E-state index is -2.24. The molecule has 0 N–H and O–H groups in total. The van der Waals surface area contributed by atoms with Crippen LogP contribution in [0.1, 0.15) is 31.1 Å². The van der Waals surface area contributed by atoms with Gasteiger partial charge in [-0.3, -0.25) is 9.59 Å². The van der Waals surface area contributed by atoms with Crippen molar-refractivity contribution < 1.29 is 18.4 Å². The first-order valence-electron chi connectivity index (χ1n) is 5.21. The van der Waals surface area contributed by atoms with Crippen molar-refractivity contribution in [2.45, 2.75) is 26.9 Å². The van der Waals surface area contributed by atoms with Gasteiger partial charge in [-0.2, -0.15) is 0 Å². The Morgan fingerprint density at radius 1 is 1.24 bits per heavy atom. The second kappa shape index (κ2) is 4.73. The van der Waals surface area contributed by atoms with Crippen molar-refractivity contribution in [3.05, 3.63) is 35.6 Å². The quantitative estimate of drug-likeness (QED) is 0.601. The van der Waals surface area contributed by atoms with Crippen molar-refractivity contribution in [2.75, 3.05) is 0 Å². The molecule has 0 aliphatic carbocycles. The molecule has 4 heteroatoms. The maximum absolute atomic E-state index is 13.7. The van der Waals surface area contributed by atoms with Crippen molar-refractivity contribution in [3.63, 3.8) is 0 Å². The average Bonchev–Trinajstić information content (AvgIpc) is 2.25. The van der Waals surface area contributed by atoms with Crippen molar-refractivity contribution in [1.82, 2.24) is 0 Å². The highest BCUT2D eigenvalue weighted by Gasteiger charge is 2.35. The fourth-order valence-electron chi connectivity index (χ4n) is 1.29. The number of ketones is 2. The third-order valence-corrected chi connectivity index (χ3v) is 2.31. The summed E-state index contributed by atoms with van der Waals surface area (Å²) in [5.74, 6) is -2.43. The summed E-state index contributed by atoms with van der Waals surface area (Å²) >= 11 is 0. The number of halogens is 2. The van der Waals surface area contributed by atoms with E-state index >= 15 is 0 Å². The van der Waals surface area contributed by atoms with E-state index in [1.54, 1.807) is 0 Å². The van der Waals surface area contributed by atoms with Gasteiger partial charge < -0.3 is 0 Å². The predicted molar refractivity (Wildman–Crippen MR) is 60.1 cm³/mol. The maximum Gasteiger partial charge on any atom is 0.221 e. The van der Waals surface area contributed by atoms with Gasteiger partial charge in [-0.15, -0.1) is 0 Å². The minimum Gasteiger partial charge on any atom is -0.295 e. The SMILES string of the molecule is CC(C)(C)C(=O)C(F)C(=O)c1cccc(F)c1. The molecule has 17 heavy (non-hydrogen) atoms. The van der Waals surface area contributed by atoms with Crippen LogP contribution in [0.25, 0.3) is 0 Å². The standard InChI is InChI=1S/C13H14F2O2/c1-13(2,3)12(17)10(15)11(16)8-5-4-6-9(14)7-8/h4-7,10H,1-3H3. The Kier molecular flexibility index (Phi) is 3.76. The zero-order chi connectivity index (χ0) is 13.2. The molecule has 1 atom stereocenters. The molecule has 0 bridgehead atoms. The summed E-state index contributed by atoms with van der Waals surface area (Å²) in [7, 11) is 0. The maximum atomic E-state index is 13.7. The second-order valence-electron chi connectivity index (χ2n) is 4.85. The number of alkyl halides is 1. The number of rotatable bonds is 3. The third-order valence-electron chi connectivity index (χ3n) is 2.31. The summed E-state index contributed by atoms with van der Waals surface area (Å²) in [6.45, 7) is 4.59. The molecule has 1 unspecified atom stereocenters. The van der Waals surface area contributed by atoms with Gasteiger partial charge in [-0.1, -0.05) is 32.9 Å². The van der Waals surface area contributed by atoms with E-state index in [0.717, 1.165) is 12.1 Å². The van der Waals surface area contributed by atoms with E-state index < -0.39 is 29.0 Å². The molecule has 0 spiro atoms. The molecule has 0 heterocycles. The van der Waals surface area contributed by atoms with E-state index in [1.165, 1.54) is 32.9 Å². The zero-order valence-corrected chi connectivity index (χ0v) is 9.96. The number of carbonyl (C=O) groups excluding carboxylic acids is 2. The lowest BCUT2D eigenvalue weighted by molar-refractivity contribution is -0.129. The summed E-state index contributed by atoms with van der Waals surface area (Å²) < 4.78 is 26.5. The van der Waals surface area contributed by atoms with E-state index in [9.17, 15) is 18.4 Å². The van der Waals surface area contributed by atoms with E-state index in [4.69, 9.17) is 0 Å². The molecule has 2 nitrogen and oxygen atoms in total. The number of carbonyl (C=O) groups is 2. The average molecular weight is 240 g/mol. The molecule has 1 rings (SSSR count).